The first-order chi connectivity index (χ1) is 11.5. The number of nitrogens with one attached hydrogen (secondary N) is 1. The summed E-state index contributed by atoms with van der Waals surface area (Å²) >= 11 is 0. The first-order valence-electron chi connectivity index (χ1n) is 7.30. The molecule has 2 rings (SSSR count). The van der Waals surface area contributed by atoms with Gasteiger partial charge < -0.3 is 15.3 Å². The van der Waals surface area contributed by atoms with Crippen molar-refractivity contribution >= 4 is 12.0 Å². The lowest BCUT2D eigenvalue weighted by atomic mass is 9.96. The standard InChI is InChI=1S/C15H15F5N2O3/c1-7(8-2-3-11(16)12(17)4-8)21-14(25)22-5-9(13(23)24)10(6-22)15(18,19)20/h2-4,7,9-10H,5-6H2,1H3,(H,21,25)(H,23,24)/t7?,9-,10-/m1/s1. The summed E-state index contributed by atoms with van der Waals surface area (Å²) in [7, 11) is 0. The number of benzene rings is 1. The van der Waals surface area contributed by atoms with Crippen LogP contribution in [0.3, 0.4) is 0 Å². The quantitative estimate of drug-likeness (QED) is 0.809. The number of rotatable bonds is 3. The van der Waals surface area contributed by atoms with Gasteiger partial charge in [-0.05, 0) is 24.6 Å². The SMILES string of the molecule is CC(NC(=O)N1C[C@@H](C(F)(F)F)[C@H](C(=O)O)C1)c1ccc(F)c(F)c1. The van der Waals surface area contributed by atoms with Crippen LogP contribution in [-0.2, 0) is 4.79 Å². The van der Waals surface area contributed by atoms with Crippen molar-refractivity contribution in [3.63, 3.8) is 0 Å². The summed E-state index contributed by atoms with van der Waals surface area (Å²) in [5.74, 6) is -7.73. The van der Waals surface area contributed by atoms with Gasteiger partial charge in [-0.1, -0.05) is 6.07 Å². The van der Waals surface area contributed by atoms with E-state index in [1.807, 2.05) is 0 Å². The molecule has 1 aromatic carbocycles. The molecule has 0 aromatic heterocycles. The number of halogens is 5. The number of nitrogens with zero attached hydrogens (tertiary/aromatic N) is 1. The summed E-state index contributed by atoms with van der Waals surface area (Å²) in [6.45, 7) is 0.0726. The molecule has 0 bridgehead atoms. The van der Waals surface area contributed by atoms with E-state index < -0.39 is 60.8 Å². The van der Waals surface area contributed by atoms with Crippen LogP contribution in [0, 0.1) is 23.5 Å². The second-order valence-corrected chi connectivity index (χ2v) is 5.84. The minimum atomic E-state index is -4.75. The highest BCUT2D eigenvalue weighted by Gasteiger charge is 2.53. The predicted molar refractivity (Wildman–Crippen MR) is 75.5 cm³/mol. The number of amides is 2. The molecule has 25 heavy (non-hydrogen) atoms. The molecule has 1 fully saturated rings. The molecule has 10 heteroatoms. The van der Waals surface area contributed by atoms with E-state index in [4.69, 9.17) is 5.11 Å². The molecule has 1 aliphatic heterocycles. The lowest BCUT2D eigenvalue weighted by Gasteiger charge is -2.21. The van der Waals surface area contributed by atoms with Gasteiger partial charge in [0.15, 0.2) is 11.6 Å². The normalized spacial score (nSPS) is 21.9. The Morgan fingerprint density at radius 1 is 1.24 bits per heavy atom. The minimum absolute atomic E-state index is 0.216. The summed E-state index contributed by atoms with van der Waals surface area (Å²) in [5.41, 5.74) is 0.216. The van der Waals surface area contributed by atoms with E-state index in [2.05, 4.69) is 5.32 Å². The van der Waals surface area contributed by atoms with Crippen molar-refractivity contribution in [2.45, 2.75) is 19.1 Å². The molecule has 2 N–H and O–H groups in total. The molecule has 1 aliphatic rings. The number of hydrogen-bond donors (Lipinski definition) is 2. The highest BCUT2D eigenvalue weighted by Crippen LogP contribution is 2.37. The van der Waals surface area contributed by atoms with Crippen molar-refractivity contribution in [2.24, 2.45) is 11.8 Å². The number of carbonyl (C=O) groups is 2. The monoisotopic (exact) mass is 366 g/mol. The van der Waals surface area contributed by atoms with Gasteiger partial charge in [-0.25, -0.2) is 13.6 Å². The van der Waals surface area contributed by atoms with Crippen LogP contribution in [0.5, 0.6) is 0 Å². The van der Waals surface area contributed by atoms with Crippen LogP contribution in [0.1, 0.15) is 18.5 Å². The Kier molecular flexibility index (Phi) is 5.19. The highest BCUT2D eigenvalue weighted by molar-refractivity contribution is 5.78. The zero-order valence-electron chi connectivity index (χ0n) is 13.0. The Labute approximate surface area is 139 Å². The van der Waals surface area contributed by atoms with Gasteiger partial charge in [-0.2, -0.15) is 13.2 Å². The predicted octanol–water partition coefficient (Wildman–Crippen LogP) is 2.93. The number of urea groups is 1. The van der Waals surface area contributed by atoms with E-state index >= 15 is 0 Å². The summed E-state index contributed by atoms with van der Waals surface area (Å²) in [5, 5.41) is 11.3. The molecule has 1 unspecified atom stereocenters. The molecule has 0 radical (unpaired) electrons. The van der Waals surface area contributed by atoms with Gasteiger partial charge >= 0.3 is 18.2 Å². The van der Waals surface area contributed by atoms with Crippen LogP contribution < -0.4 is 5.32 Å². The van der Waals surface area contributed by atoms with E-state index in [-0.39, 0.29) is 5.56 Å². The molecule has 1 heterocycles. The third-order valence-electron chi connectivity index (χ3n) is 4.13. The second-order valence-electron chi connectivity index (χ2n) is 5.84. The van der Waals surface area contributed by atoms with Crippen molar-refractivity contribution in [3.05, 3.63) is 35.4 Å². The number of likely N-dealkylation sites (tertiary alicyclic amines) is 1. The van der Waals surface area contributed by atoms with Crippen molar-refractivity contribution < 1.29 is 36.6 Å². The first kappa shape index (κ1) is 18.9. The Balaban J connectivity index is 2.07. The van der Waals surface area contributed by atoms with Crippen LogP contribution in [0.15, 0.2) is 18.2 Å². The first-order valence-corrected chi connectivity index (χ1v) is 7.30. The molecular formula is C15H15F5N2O3. The maximum Gasteiger partial charge on any atom is 0.394 e. The van der Waals surface area contributed by atoms with Gasteiger partial charge in [-0.15, -0.1) is 0 Å². The third-order valence-corrected chi connectivity index (χ3v) is 4.13. The largest absolute Gasteiger partial charge is 0.481 e. The van der Waals surface area contributed by atoms with E-state index in [0.29, 0.717) is 0 Å². The van der Waals surface area contributed by atoms with Crippen molar-refractivity contribution in [1.82, 2.24) is 10.2 Å². The van der Waals surface area contributed by atoms with Crippen molar-refractivity contribution in [3.8, 4) is 0 Å². The number of aliphatic carboxylic acids is 1. The molecule has 5 nitrogen and oxygen atoms in total. The molecule has 1 aromatic rings. The van der Waals surface area contributed by atoms with Crippen molar-refractivity contribution in [2.75, 3.05) is 13.1 Å². The summed E-state index contributed by atoms with van der Waals surface area (Å²) in [6.07, 6.45) is -4.75. The molecule has 3 atom stereocenters. The number of carboxylic acid groups (broad SMARTS) is 1. The summed E-state index contributed by atoms with van der Waals surface area (Å²) in [4.78, 5) is 23.9. The van der Waals surface area contributed by atoms with Gasteiger partial charge in [0.05, 0.1) is 17.9 Å². The van der Waals surface area contributed by atoms with Crippen molar-refractivity contribution in [1.29, 1.82) is 0 Å². The molecule has 2 amide bonds. The minimum Gasteiger partial charge on any atom is -0.481 e. The lowest BCUT2D eigenvalue weighted by Crippen LogP contribution is -2.40. The van der Waals surface area contributed by atoms with Gasteiger partial charge in [0.25, 0.3) is 0 Å². The van der Waals surface area contributed by atoms with Gasteiger partial charge in [0, 0.05) is 13.1 Å². The van der Waals surface area contributed by atoms with Gasteiger partial charge in [0.1, 0.15) is 0 Å². The van der Waals surface area contributed by atoms with Gasteiger partial charge in [0.2, 0.25) is 0 Å². The van der Waals surface area contributed by atoms with Crippen LogP contribution in [0.4, 0.5) is 26.7 Å². The average Bonchev–Trinajstić information content (AvgIpc) is 2.95. The zero-order chi connectivity index (χ0) is 18.9. The molecule has 1 saturated heterocycles. The third kappa shape index (κ3) is 4.18. The zero-order valence-corrected chi connectivity index (χ0v) is 13.0. The number of carboxylic acids is 1. The molecule has 0 saturated carbocycles. The maximum atomic E-state index is 13.2. The molecular weight excluding hydrogens is 351 g/mol. The van der Waals surface area contributed by atoms with Crippen LogP contribution >= 0.6 is 0 Å². The van der Waals surface area contributed by atoms with Crippen LogP contribution in [-0.4, -0.2) is 41.3 Å². The Hall–Kier alpha value is -2.39. The maximum absolute atomic E-state index is 13.2. The van der Waals surface area contributed by atoms with E-state index in [9.17, 15) is 31.5 Å². The molecule has 0 spiro atoms. The number of carbonyl (C=O) groups excluding carboxylic acids is 1. The fourth-order valence-electron chi connectivity index (χ4n) is 2.69. The Morgan fingerprint density at radius 2 is 1.88 bits per heavy atom. The topological polar surface area (TPSA) is 69.6 Å². The Bertz CT molecular complexity index is 680. The highest BCUT2D eigenvalue weighted by atomic mass is 19.4. The van der Waals surface area contributed by atoms with Crippen LogP contribution in [0.25, 0.3) is 0 Å². The van der Waals surface area contributed by atoms with Gasteiger partial charge in [-0.3, -0.25) is 4.79 Å². The molecule has 138 valence electrons. The average molecular weight is 366 g/mol. The fraction of sp³-hybridized carbons (Fsp3) is 0.467. The smallest absolute Gasteiger partial charge is 0.394 e. The fourth-order valence-corrected chi connectivity index (χ4v) is 2.69. The van der Waals surface area contributed by atoms with E-state index in [1.54, 1.807) is 0 Å². The summed E-state index contributed by atoms with van der Waals surface area (Å²) < 4.78 is 64.9. The van der Waals surface area contributed by atoms with E-state index in [1.165, 1.54) is 13.0 Å². The second kappa shape index (κ2) is 6.85. The van der Waals surface area contributed by atoms with Crippen LogP contribution in [0.2, 0.25) is 0 Å². The molecule has 0 aliphatic carbocycles. The summed E-state index contributed by atoms with van der Waals surface area (Å²) in [6, 6.07) is 1.24. The lowest BCUT2D eigenvalue weighted by molar-refractivity contribution is -0.187. The number of alkyl halides is 3. The van der Waals surface area contributed by atoms with E-state index in [0.717, 1.165) is 17.0 Å². The Morgan fingerprint density at radius 3 is 2.36 bits per heavy atom. The number of hydrogen-bond acceptors (Lipinski definition) is 2.